The minimum atomic E-state index is -4.47. The molecule has 3 aliphatic heterocycles. The molecule has 4 fully saturated rings. The Labute approximate surface area is 141 Å². The van der Waals surface area contributed by atoms with Crippen molar-refractivity contribution in [2.75, 3.05) is 31.9 Å². The fourth-order valence-electron chi connectivity index (χ4n) is 5.39. The lowest BCUT2D eigenvalue weighted by Gasteiger charge is -2.38. The molecule has 3 saturated heterocycles. The molecule has 24 heavy (non-hydrogen) atoms. The van der Waals surface area contributed by atoms with E-state index < -0.39 is 27.7 Å². The summed E-state index contributed by atoms with van der Waals surface area (Å²) in [6, 6.07) is -1.82. The number of nitrogens with zero attached hydrogens (tertiary/aromatic N) is 2. The molecule has 0 aromatic carbocycles. The summed E-state index contributed by atoms with van der Waals surface area (Å²) in [5.41, 5.74) is -0.748. The average Bonchev–Trinajstić information content (AvgIpc) is 2.97. The van der Waals surface area contributed by atoms with Gasteiger partial charge in [0.05, 0.1) is 5.75 Å². The van der Waals surface area contributed by atoms with E-state index in [9.17, 15) is 21.6 Å². The van der Waals surface area contributed by atoms with Crippen molar-refractivity contribution in [3.63, 3.8) is 0 Å². The molecule has 3 atom stereocenters. The van der Waals surface area contributed by atoms with Crippen molar-refractivity contribution < 1.29 is 21.6 Å². The molecule has 1 saturated carbocycles. The molecule has 0 aromatic rings. The highest BCUT2D eigenvalue weighted by Crippen LogP contribution is 2.54. The molecule has 1 aliphatic carbocycles. The maximum absolute atomic E-state index is 13.5. The highest BCUT2D eigenvalue weighted by molar-refractivity contribution is 7.89. The van der Waals surface area contributed by atoms with E-state index in [1.807, 2.05) is 0 Å². The van der Waals surface area contributed by atoms with Crippen LogP contribution in [0.2, 0.25) is 0 Å². The Morgan fingerprint density at radius 3 is 2.38 bits per heavy atom. The summed E-state index contributed by atoms with van der Waals surface area (Å²) in [5.74, 6) is -0.112. The molecule has 3 unspecified atom stereocenters. The Morgan fingerprint density at radius 2 is 1.75 bits per heavy atom. The second-order valence-corrected chi connectivity index (χ2v) is 10.5. The van der Waals surface area contributed by atoms with Crippen LogP contribution in [0.15, 0.2) is 0 Å². The SMILES string of the molecule is O=S(=O)(CC12CCCN(CC1)C2)N1CC2(CCC2)CC1C(F)(F)F. The van der Waals surface area contributed by atoms with Gasteiger partial charge < -0.3 is 4.90 Å². The molecule has 3 heterocycles. The van der Waals surface area contributed by atoms with Crippen LogP contribution in [0, 0.1) is 10.8 Å². The van der Waals surface area contributed by atoms with Gasteiger partial charge in [-0.15, -0.1) is 0 Å². The number of hydrogen-bond donors (Lipinski definition) is 0. The predicted molar refractivity (Wildman–Crippen MR) is 84.0 cm³/mol. The lowest BCUT2D eigenvalue weighted by Crippen LogP contribution is -2.49. The van der Waals surface area contributed by atoms with Crippen LogP contribution in [-0.4, -0.2) is 61.8 Å². The molecular weight excluding hydrogens is 341 g/mol. The second-order valence-electron chi connectivity index (χ2n) is 8.55. The first-order valence-electron chi connectivity index (χ1n) is 8.92. The number of fused-ring (bicyclic) bond motifs is 2. The molecular formula is C16H25F3N2O2S. The molecule has 0 radical (unpaired) electrons. The first kappa shape index (κ1) is 17.1. The molecule has 4 rings (SSSR count). The maximum Gasteiger partial charge on any atom is 0.405 e. The van der Waals surface area contributed by atoms with E-state index in [1.54, 1.807) is 0 Å². The summed E-state index contributed by atoms with van der Waals surface area (Å²) in [4.78, 5) is 2.25. The summed E-state index contributed by atoms with van der Waals surface area (Å²) in [5, 5.41) is 0. The van der Waals surface area contributed by atoms with Gasteiger partial charge in [-0.3, -0.25) is 0 Å². The number of alkyl halides is 3. The van der Waals surface area contributed by atoms with Crippen LogP contribution in [0.25, 0.3) is 0 Å². The van der Waals surface area contributed by atoms with Gasteiger partial charge in [-0.25, -0.2) is 8.42 Å². The van der Waals surface area contributed by atoms with Gasteiger partial charge in [-0.05, 0) is 62.4 Å². The topological polar surface area (TPSA) is 40.6 Å². The number of rotatable bonds is 3. The van der Waals surface area contributed by atoms with E-state index >= 15 is 0 Å². The van der Waals surface area contributed by atoms with E-state index in [1.165, 1.54) is 0 Å². The second kappa shape index (κ2) is 5.33. The summed E-state index contributed by atoms with van der Waals surface area (Å²) >= 11 is 0. The van der Waals surface area contributed by atoms with E-state index in [-0.39, 0.29) is 24.1 Å². The summed E-state index contributed by atoms with van der Waals surface area (Å²) < 4.78 is 67.3. The summed E-state index contributed by atoms with van der Waals surface area (Å²) in [7, 11) is -3.90. The normalized spacial score (nSPS) is 39.3. The number of halogens is 3. The van der Waals surface area contributed by atoms with E-state index in [0.717, 1.165) is 62.5 Å². The van der Waals surface area contributed by atoms with Gasteiger partial charge in [0.2, 0.25) is 10.0 Å². The minimum absolute atomic E-state index is 0.0468. The highest BCUT2D eigenvalue weighted by Gasteiger charge is 2.60. The highest BCUT2D eigenvalue weighted by atomic mass is 32.2. The van der Waals surface area contributed by atoms with Gasteiger partial charge in [0.25, 0.3) is 0 Å². The molecule has 4 nitrogen and oxygen atoms in total. The number of piperidine rings is 1. The fraction of sp³-hybridized carbons (Fsp3) is 1.00. The zero-order valence-electron chi connectivity index (χ0n) is 13.8. The van der Waals surface area contributed by atoms with Crippen molar-refractivity contribution in [2.24, 2.45) is 10.8 Å². The van der Waals surface area contributed by atoms with Gasteiger partial charge in [-0.1, -0.05) is 6.42 Å². The summed E-state index contributed by atoms with van der Waals surface area (Å²) in [6.07, 6.45) is 0.405. The first-order valence-corrected chi connectivity index (χ1v) is 10.5. The van der Waals surface area contributed by atoms with E-state index in [4.69, 9.17) is 0 Å². The van der Waals surface area contributed by atoms with Gasteiger partial charge in [0.1, 0.15) is 6.04 Å². The smallest absolute Gasteiger partial charge is 0.303 e. The van der Waals surface area contributed by atoms with Crippen molar-refractivity contribution >= 4 is 10.0 Å². The quantitative estimate of drug-likeness (QED) is 0.771. The van der Waals surface area contributed by atoms with Crippen molar-refractivity contribution in [1.82, 2.24) is 9.21 Å². The lowest BCUT2D eigenvalue weighted by atomic mass is 9.67. The van der Waals surface area contributed by atoms with Crippen LogP contribution in [0.1, 0.15) is 44.9 Å². The van der Waals surface area contributed by atoms with Gasteiger partial charge >= 0.3 is 6.18 Å². The fourth-order valence-corrected chi connectivity index (χ4v) is 7.76. The van der Waals surface area contributed by atoms with Crippen LogP contribution in [-0.2, 0) is 10.0 Å². The van der Waals surface area contributed by atoms with Crippen LogP contribution >= 0.6 is 0 Å². The van der Waals surface area contributed by atoms with Crippen molar-refractivity contribution in [2.45, 2.75) is 57.2 Å². The summed E-state index contributed by atoms with van der Waals surface area (Å²) in [6.45, 7) is 2.66. The van der Waals surface area contributed by atoms with Gasteiger partial charge in [0, 0.05) is 13.1 Å². The van der Waals surface area contributed by atoms with E-state index in [0.29, 0.717) is 0 Å². The Kier molecular flexibility index (Phi) is 3.80. The third kappa shape index (κ3) is 2.78. The molecule has 0 aromatic heterocycles. The Hall–Kier alpha value is -0.340. The Bertz CT molecular complexity index is 613. The standard InChI is InChI=1S/C16H25F3N2O2S/c17-16(18,19)13-9-14(3-1-4-14)11-21(13)24(22,23)12-15-5-2-7-20(10-15)8-6-15/h13H,1-12H2. The van der Waals surface area contributed by atoms with Gasteiger partial charge in [0.15, 0.2) is 0 Å². The number of sulfonamides is 1. The molecule has 138 valence electrons. The van der Waals surface area contributed by atoms with Crippen molar-refractivity contribution in [1.29, 1.82) is 0 Å². The molecule has 1 spiro atoms. The van der Waals surface area contributed by atoms with Crippen LogP contribution < -0.4 is 0 Å². The van der Waals surface area contributed by atoms with Crippen LogP contribution in [0.4, 0.5) is 13.2 Å². The van der Waals surface area contributed by atoms with E-state index in [2.05, 4.69) is 4.90 Å². The largest absolute Gasteiger partial charge is 0.405 e. The average molecular weight is 366 g/mol. The molecule has 0 N–H and O–H groups in total. The molecule has 4 aliphatic rings. The first-order chi connectivity index (χ1) is 11.1. The predicted octanol–water partition coefficient (Wildman–Crippen LogP) is 2.61. The van der Waals surface area contributed by atoms with Crippen LogP contribution in [0.3, 0.4) is 0 Å². The Morgan fingerprint density at radius 1 is 1.00 bits per heavy atom. The number of hydrogen-bond acceptors (Lipinski definition) is 3. The molecule has 0 amide bonds. The maximum atomic E-state index is 13.5. The zero-order chi connectivity index (χ0) is 17.2. The molecule has 8 heteroatoms. The van der Waals surface area contributed by atoms with Crippen LogP contribution in [0.5, 0.6) is 0 Å². The zero-order valence-corrected chi connectivity index (χ0v) is 14.6. The van der Waals surface area contributed by atoms with Crippen molar-refractivity contribution in [3.8, 4) is 0 Å². The Balaban J connectivity index is 1.58. The lowest BCUT2D eigenvalue weighted by molar-refractivity contribution is -0.166. The monoisotopic (exact) mass is 366 g/mol. The van der Waals surface area contributed by atoms with Gasteiger partial charge in [-0.2, -0.15) is 17.5 Å². The molecule has 2 bridgehead atoms. The third-order valence-electron chi connectivity index (χ3n) is 6.80. The third-order valence-corrected chi connectivity index (χ3v) is 8.88. The van der Waals surface area contributed by atoms with Crippen molar-refractivity contribution in [3.05, 3.63) is 0 Å². The minimum Gasteiger partial charge on any atom is -0.303 e.